The molecular weight excluding hydrogens is 356 g/mol. The van der Waals surface area contributed by atoms with E-state index in [1.165, 1.54) is 6.33 Å². The number of hydrogen-bond donors (Lipinski definition) is 0. The molecule has 0 amide bonds. The third kappa shape index (κ3) is 3.88. The van der Waals surface area contributed by atoms with E-state index in [4.69, 9.17) is 14.2 Å². The Hall–Kier alpha value is -3.22. The smallest absolute Gasteiger partial charge is 0.227 e. The van der Waals surface area contributed by atoms with Crippen molar-refractivity contribution < 1.29 is 14.2 Å². The van der Waals surface area contributed by atoms with E-state index in [1.807, 2.05) is 37.3 Å². The van der Waals surface area contributed by atoms with Crippen LogP contribution in [0.25, 0.3) is 11.4 Å². The number of hydrogen-bond acceptors (Lipinski definition) is 7. The molecule has 1 saturated carbocycles. The Balaban J connectivity index is 1.62. The Labute approximate surface area is 163 Å². The Morgan fingerprint density at radius 3 is 2.46 bits per heavy atom. The summed E-state index contributed by atoms with van der Waals surface area (Å²) >= 11 is 0. The highest BCUT2D eigenvalue weighted by Gasteiger charge is 2.31. The number of ether oxygens (including phenoxy) is 3. The Bertz CT molecular complexity index is 972. The summed E-state index contributed by atoms with van der Waals surface area (Å²) in [5, 5.41) is 0. The van der Waals surface area contributed by atoms with Crippen molar-refractivity contribution in [2.24, 2.45) is 0 Å². The monoisotopic (exact) mass is 378 g/mol. The van der Waals surface area contributed by atoms with E-state index in [-0.39, 0.29) is 0 Å². The quantitative estimate of drug-likeness (QED) is 0.620. The normalized spacial score (nSPS) is 13.2. The highest BCUT2D eigenvalue weighted by Crippen LogP contribution is 2.45. The van der Waals surface area contributed by atoms with E-state index >= 15 is 0 Å². The van der Waals surface area contributed by atoms with Gasteiger partial charge in [-0.15, -0.1) is 0 Å². The first kappa shape index (κ1) is 18.2. The number of aromatic nitrogens is 4. The Morgan fingerprint density at radius 1 is 1.00 bits per heavy atom. The summed E-state index contributed by atoms with van der Waals surface area (Å²) < 4.78 is 16.6. The fourth-order valence-electron chi connectivity index (χ4n) is 3.02. The van der Waals surface area contributed by atoms with Crippen LogP contribution in [0, 0.1) is 6.92 Å². The van der Waals surface area contributed by atoms with Gasteiger partial charge in [-0.05, 0) is 37.5 Å². The van der Waals surface area contributed by atoms with Crippen LogP contribution in [0.15, 0.2) is 36.7 Å². The topological polar surface area (TPSA) is 79.2 Å². The molecule has 1 aromatic carbocycles. The molecule has 0 radical (unpaired) electrons. The number of rotatable bonds is 7. The van der Waals surface area contributed by atoms with Gasteiger partial charge in [-0.25, -0.2) is 15.0 Å². The molecule has 7 heteroatoms. The molecule has 2 aromatic heterocycles. The van der Waals surface area contributed by atoms with Crippen LogP contribution in [0.4, 0.5) is 0 Å². The molecule has 1 fully saturated rings. The standard InChI is InChI=1S/C21H22N4O3/c1-13-10-17(28-11-14-4-8-16(26-2)9-5-14)25-20(24-13)18-19(15-6-7-15)22-12-23-21(18)27-3/h4-5,8-10,12,15H,6-7,11H2,1-3H3. The predicted octanol–water partition coefficient (Wildman–Crippen LogP) is 3.72. The average molecular weight is 378 g/mol. The molecule has 2 heterocycles. The summed E-state index contributed by atoms with van der Waals surface area (Å²) in [7, 11) is 3.24. The molecule has 0 saturated heterocycles. The van der Waals surface area contributed by atoms with Crippen molar-refractivity contribution in [1.82, 2.24) is 19.9 Å². The first-order chi connectivity index (χ1) is 13.7. The molecule has 0 unspecified atom stereocenters. The summed E-state index contributed by atoms with van der Waals surface area (Å²) in [6.07, 6.45) is 3.76. The molecule has 1 aliphatic rings. The van der Waals surface area contributed by atoms with Crippen LogP contribution in [-0.4, -0.2) is 34.2 Å². The lowest BCUT2D eigenvalue weighted by Crippen LogP contribution is -2.05. The van der Waals surface area contributed by atoms with Crippen LogP contribution in [-0.2, 0) is 6.61 Å². The van der Waals surface area contributed by atoms with Crippen molar-refractivity contribution in [3.05, 3.63) is 53.6 Å². The minimum Gasteiger partial charge on any atom is -0.497 e. The molecule has 4 rings (SSSR count). The molecule has 0 atom stereocenters. The van der Waals surface area contributed by atoms with E-state index in [9.17, 15) is 0 Å². The van der Waals surface area contributed by atoms with Crippen molar-refractivity contribution in [1.29, 1.82) is 0 Å². The highest BCUT2D eigenvalue weighted by molar-refractivity contribution is 5.66. The van der Waals surface area contributed by atoms with E-state index < -0.39 is 0 Å². The lowest BCUT2D eigenvalue weighted by molar-refractivity contribution is 0.293. The fourth-order valence-corrected chi connectivity index (χ4v) is 3.02. The molecule has 1 aliphatic carbocycles. The van der Waals surface area contributed by atoms with Crippen molar-refractivity contribution >= 4 is 0 Å². The molecular formula is C21H22N4O3. The summed E-state index contributed by atoms with van der Waals surface area (Å²) in [5.41, 5.74) is 3.53. The van der Waals surface area contributed by atoms with Crippen LogP contribution in [0.5, 0.6) is 17.5 Å². The first-order valence-electron chi connectivity index (χ1n) is 9.18. The maximum Gasteiger partial charge on any atom is 0.227 e. The minimum atomic E-state index is 0.401. The number of benzene rings is 1. The van der Waals surface area contributed by atoms with Crippen LogP contribution in [0.2, 0.25) is 0 Å². The lowest BCUT2D eigenvalue weighted by Gasteiger charge is -2.12. The predicted molar refractivity (Wildman–Crippen MR) is 104 cm³/mol. The Morgan fingerprint density at radius 2 is 1.79 bits per heavy atom. The Kier molecular flexibility index (Phi) is 5.06. The second kappa shape index (κ2) is 7.80. The van der Waals surface area contributed by atoms with Gasteiger partial charge in [0.1, 0.15) is 24.2 Å². The minimum absolute atomic E-state index is 0.401. The molecule has 28 heavy (non-hydrogen) atoms. The molecule has 0 spiro atoms. The van der Waals surface area contributed by atoms with Gasteiger partial charge in [0.25, 0.3) is 0 Å². The van der Waals surface area contributed by atoms with E-state index in [2.05, 4.69) is 19.9 Å². The van der Waals surface area contributed by atoms with Gasteiger partial charge >= 0.3 is 0 Å². The zero-order valence-corrected chi connectivity index (χ0v) is 16.2. The summed E-state index contributed by atoms with van der Waals surface area (Å²) in [5.74, 6) is 2.76. The van der Waals surface area contributed by atoms with Gasteiger partial charge in [0, 0.05) is 17.7 Å². The van der Waals surface area contributed by atoms with Gasteiger partial charge in [-0.3, -0.25) is 0 Å². The van der Waals surface area contributed by atoms with Crippen molar-refractivity contribution in [2.45, 2.75) is 32.3 Å². The third-order valence-electron chi connectivity index (χ3n) is 4.60. The van der Waals surface area contributed by atoms with Crippen molar-refractivity contribution in [2.75, 3.05) is 14.2 Å². The first-order valence-corrected chi connectivity index (χ1v) is 9.18. The van der Waals surface area contributed by atoms with Crippen molar-refractivity contribution in [3.8, 4) is 28.9 Å². The zero-order chi connectivity index (χ0) is 19.5. The zero-order valence-electron chi connectivity index (χ0n) is 16.2. The van der Waals surface area contributed by atoms with Gasteiger partial charge in [0.15, 0.2) is 5.82 Å². The molecule has 3 aromatic rings. The number of methoxy groups -OCH3 is 2. The molecule has 0 bridgehead atoms. The van der Waals surface area contributed by atoms with Gasteiger partial charge in [0.2, 0.25) is 11.8 Å². The van der Waals surface area contributed by atoms with Crippen LogP contribution < -0.4 is 14.2 Å². The van der Waals surface area contributed by atoms with Crippen molar-refractivity contribution in [3.63, 3.8) is 0 Å². The van der Waals surface area contributed by atoms with Crippen LogP contribution in [0.1, 0.15) is 35.7 Å². The summed E-state index contributed by atoms with van der Waals surface area (Å²) in [6, 6.07) is 9.56. The molecule has 144 valence electrons. The average Bonchev–Trinajstić information content (AvgIpc) is 3.57. The maximum atomic E-state index is 5.92. The SMILES string of the molecule is COc1ccc(COc2cc(C)nc(-c3c(OC)ncnc3C3CC3)n2)cc1. The lowest BCUT2D eigenvalue weighted by atomic mass is 10.1. The summed E-state index contributed by atoms with van der Waals surface area (Å²) in [4.78, 5) is 17.9. The molecule has 0 N–H and O–H groups in total. The van der Waals surface area contributed by atoms with Gasteiger partial charge < -0.3 is 14.2 Å². The maximum absolute atomic E-state index is 5.92. The number of nitrogens with zero attached hydrogens (tertiary/aromatic N) is 4. The van der Waals surface area contributed by atoms with Gasteiger partial charge in [0.05, 0.1) is 19.9 Å². The largest absolute Gasteiger partial charge is 0.497 e. The number of aryl methyl sites for hydroxylation is 1. The highest BCUT2D eigenvalue weighted by atomic mass is 16.5. The molecule has 7 nitrogen and oxygen atoms in total. The van der Waals surface area contributed by atoms with Crippen LogP contribution in [0.3, 0.4) is 0 Å². The van der Waals surface area contributed by atoms with Gasteiger partial charge in [-0.1, -0.05) is 12.1 Å². The van der Waals surface area contributed by atoms with Crippen LogP contribution >= 0.6 is 0 Å². The second-order valence-corrected chi connectivity index (χ2v) is 6.73. The fraction of sp³-hybridized carbons (Fsp3) is 0.333. The molecule has 0 aliphatic heterocycles. The second-order valence-electron chi connectivity index (χ2n) is 6.73. The van der Waals surface area contributed by atoms with Gasteiger partial charge in [-0.2, -0.15) is 4.98 Å². The summed E-state index contributed by atoms with van der Waals surface area (Å²) in [6.45, 7) is 2.32. The van der Waals surface area contributed by atoms with E-state index in [0.29, 0.717) is 30.1 Å². The third-order valence-corrected chi connectivity index (χ3v) is 4.60. The van der Waals surface area contributed by atoms with E-state index in [1.54, 1.807) is 14.2 Å². The van der Waals surface area contributed by atoms with E-state index in [0.717, 1.165) is 41.1 Å².